The van der Waals surface area contributed by atoms with Gasteiger partial charge >= 0.3 is 0 Å². The fourth-order valence-electron chi connectivity index (χ4n) is 2.68. The highest BCUT2D eigenvalue weighted by atomic mass is 16.5. The number of methoxy groups -OCH3 is 1. The van der Waals surface area contributed by atoms with Gasteiger partial charge in [-0.25, -0.2) is 9.97 Å². The van der Waals surface area contributed by atoms with Crippen LogP contribution in [0.15, 0.2) is 54.9 Å². The average molecular weight is 391 g/mol. The van der Waals surface area contributed by atoms with Crippen molar-refractivity contribution in [3.63, 3.8) is 0 Å². The first-order valence-electron chi connectivity index (χ1n) is 8.87. The maximum atomic E-state index is 12.6. The van der Waals surface area contributed by atoms with Crippen LogP contribution in [0.5, 0.6) is 5.75 Å². The molecule has 0 saturated heterocycles. The Bertz CT molecular complexity index is 1050. The fourth-order valence-corrected chi connectivity index (χ4v) is 2.68. The molecular weight excluding hydrogens is 370 g/mol. The summed E-state index contributed by atoms with van der Waals surface area (Å²) in [7, 11) is 1.59. The summed E-state index contributed by atoms with van der Waals surface area (Å²) < 4.78 is 5.35. The summed E-state index contributed by atoms with van der Waals surface area (Å²) in [5.41, 5.74) is 3.11. The Hall–Kier alpha value is -3.94. The Kier molecular flexibility index (Phi) is 6.03. The van der Waals surface area contributed by atoms with Gasteiger partial charge in [-0.1, -0.05) is 12.1 Å². The van der Waals surface area contributed by atoms with Gasteiger partial charge in [0.25, 0.3) is 5.91 Å². The molecule has 0 radical (unpaired) electrons. The molecule has 29 heavy (non-hydrogen) atoms. The van der Waals surface area contributed by atoms with E-state index >= 15 is 0 Å². The van der Waals surface area contributed by atoms with Gasteiger partial charge in [0.05, 0.1) is 12.8 Å². The smallest absolute Gasteiger partial charge is 0.274 e. The van der Waals surface area contributed by atoms with E-state index in [-0.39, 0.29) is 11.6 Å². The van der Waals surface area contributed by atoms with E-state index < -0.39 is 5.91 Å². The molecule has 2 aromatic carbocycles. The first kappa shape index (κ1) is 19.8. The Balaban J connectivity index is 1.76. The molecule has 1 heterocycles. The second-order valence-electron chi connectivity index (χ2n) is 6.33. The van der Waals surface area contributed by atoms with Crippen molar-refractivity contribution in [2.75, 3.05) is 23.1 Å². The number of carbonyl (C=O) groups is 2. The SMILES string of the molecule is COc1ccc(C)cc1Nc1cc(C(=O)Nc2cccc(NC(C)=O)c2)ncn1. The standard InChI is InChI=1S/C21H21N5O3/c1-13-7-8-19(29-3)17(9-13)26-20-11-18(22-12-23-20)21(28)25-16-6-4-5-15(10-16)24-14(2)27/h4-12H,1-3H3,(H,24,27)(H,25,28)(H,22,23,26). The van der Waals surface area contributed by atoms with E-state index in [4.69, 9.17) is 4.74 Å². The van der Waals surface area contributed by atoms with Crippen molar-refractivity contribution in [1.29, 1.82) is 0 Å². The van der Waals surface area contributed by atoms with Gasteiger partial charge in [-0.05, 0) is 42.8 Å². The van der Waals surface area contributed by atoms with E-state index in [1.165, 1.54) is 13.3 Å². The van der Waals surface area contributed by atoms with Gasteiger partial charge in [0.1, 0.15) is 23.6 Å². The van der Waals surface area contributed by atoms with Gasteiger partial charge in [-0.15, -0.1) is 0 Å². The number of ether oxygens (including phenoxy) is 1. The number of aromatic nitrogens is 2. The second-order valence-corrected chi connectivity index (χ2v) is 6.33. The summed E-state index contributed by atoms with van der Waals surface area (Å²) in [6.45, 7) is 3.39. The van der Waals surface area contributed by atoms with Crippen molar-refractivity contribution < 1.29 is 14.3 Å². The highest BCUT2D eigenvalue weighted by Gasteiger charge is 2.11. The zero-order chi connectivity index (χ0) is 20.8. The summed E-state index contributed by atoms with van der Waals surface area (Å²) in [6.07, 6.45) is 1.31. The lowest BCUT2D eigenvalue weighted by molar-refractivity contribution is -0.114. The fraction of sp³-hybridized carbons (Fsp3) is 0.143. The third-order valence-electron chi connectivity index (χ3n) is 3.96. The van der Waals surface area contributed by atoms with Gasteiger partial charge in [0, 0.05) is 24.4 Å². The molecule has 1 aromatic heterocycles. The van der Waals surface area contributed by atoms with E-state index in [2.05, 4.69) is 25.9 Å². The van der Waals surface area contributed by atoms with Crippen molar-refractivity contribution in [1.82, 2.24) is 9.97 Å². The monoisotopic (exact) mass is 391 g/mol. The van der Waals surface area contributed by atoms with Gasteiger partial charge in [-0.3, -0.25) is 9.59 Å². The quantitative estimate of drug-likeness (QED) is 0.591. The number of nitrogens with one attached hydrogen (secondary N) is 3. The minimum absolute atomic E-state index is 0.188. The lowest BCUT2D eigenvalue weighted by atomic mass is 10.2. The normalized spacial score (nSPS) is 10.2. The van der Waals surface area contributed by atoms with E-state index in [1.807, 2.05) is 25.1 Å². The number of rotatable bonds is 6. The van der Waals surface area contributed by atoms with Crippen LogP contribution in [0.25, 0.3) is 0 Å². The van der Waals surface area contributed by atoms with Crippen LogP contribution in [-0.4, -0.2) is 28.9 Å². The maximum absolute atomic E-state index is 12.6. The summed E-state index contributed by atoms with van der Waals surface area (Å²) in [5, 5.41) is 8.58. The van der Waals surface area contributed by atoms with E-state index in [1.54, 1.807) is 37.4 Å². The molecule has 8 heteroatoms. The van der Waals surface area contributed by atoms with Crippen molar-refractivity contribution in [3.8, 4) is 5.75 Å². The summed E-state index contributed by atoms with van der Waals surface area (Å²) in [6, 6.07) is 14.1. The molecule has 0 saturated carbocycles. The molecule has 0 spiro atoms. The van der Waals surface area contributed by atoms with Crippen molar-refractivity contribution in [3.05, 3.63) is 66.1 Å². The molecule has 0 aliphatic heterocycles. The maximum Gasteiger partial charge on any atom is 0.274 e. The highest BCUT2D eigenvalue weighted by Crippen LogP contribution is 2.28. The number of nitrogens with zero attached hydrogens (tertiary/aromatic N) is 2. The molecule has 0 fully saturated rings. The third kappa shape index (κ3) is 5.29. The number of carbonyl (C=O) groups excluding carboxylic acids is 2. The number of anilines is 4. The van der Waals surface area contributed by atoms with Crippen LogP contribution in [0.2, 0.25) is 0 Å². The largest absolute Gasteiger partial charge is 0.495 e. The van der Waals surface area contributed by atoms with Crippen LogP contribution in [0.4, 0.5) is 22.9 Å². The number of hydrogen-bond donors (Lipinski definition) is 3. The van der Waals surface area contributed by atoms with Gasteiger partial charge in [-0.2, -0.15) is 0 Å². The zero-order valence-electron chi connectivity index (χ0n) is 16.3. The lowest BCUT2D eigenvalue weighted by Gasteiger charge is -2.12. The average Bonchev–Trinajstić information content (AvgIpc) is 2.68. The van der Waals surface area contributed by atoms with Crippen LogP contribution >= 0.6 is 0 Å². The van der Waals surface area contributed by atoms with Crippen LogP contribution < -0.4 is 20.7 Å². The molecular formula is C21H21N5O3. The molecule has 3 aromatic rings. The molecule has 0 unspecified atom stereocenters. The Morgan fingerprint density at radius 3 is 2.45 bits per heavy atom. The molecule has 8 nitrogen and oxygen atoms in total. The van der Waals surface area contributed by atoms with Crippen molar-refractivity contribution in [2.45, 2.75) is 13.8 Å². The third-order valence-corrected chi connectivity index (χ3v) is 3.96. The minimum atomic E-state index is -0.397. The Morgan fingerprint density at radius 2 is 1.72 bits per heavy atom. The first-order chi connectivity index (χ1) is 13.9. The van der Waals surface area contributed by atoms with E-state index in [0.29, 0.717) is 22.9 Å². The van der Waals surface area contributed by atoms with Crippen molar-refractivity contribution in [2.24, 2.45) is 0 Å². The molecule has 0 aliphatic carbocycles. The summed E-state index contributed by atoms with van der Waals surface area (Å²) in [5.74, 6) is 0.536. The number of amides is 2. The first-order valence-corrected chi connectivity index (χ1v) is 8.87. The zero-order valence-corrected chi connectivity index (χ0v) is 16.3. The van der Waals surface area contributed by atoms with E-state index in [9.17, 15) is 9.59 Å². The molecule has 3 N–H and O–H groups in total. The van der Waals surface area contributed by atoms with Crippen LogP contribution in [0, 0.1) is 6.92 Å². The molecule has 0 bridgehead atoms. The molecule has 3 rings (SSSR count). The van der Waals surface area contributed by atoms with Gasteiger partial charge in [0.15, 0.2) is 0 Å². The minimum Gasteiger partial charge on any atom is -0.495 e. The molecule has 0 atom stereocenters. The molecule has 0 aliphatic rings. The van der Waals surface area contributed by atoms with E-state index in [0.717, 1.165) is 11.3 Å². The molecule has 2 amide bonds. The molecule has 148 valence electrons. The Labute approximate surface area is 168 Å². The van der Waals surface area contributed by atoms with Crippen LogP contribution in [0.1, 0.15) is 23.0 Å². The predicted octanol–water partition coefficient (Wildman–Crippen LogP) is 3.75. The lowest BCUT2D eigenvalue weighted by Crippen LogP contribution is -2.15. The van der Waals surface area contributed by atoms with Gasteiger partial charge in [0.2, 0.25) is 5.91 Å². The van der Waals surface area contributed by atoms with Crippen molar-refractivity contribution >= 4 is 34.7 Å². The van der Waals surface area contributed by atoms with Gasteiger partial charge < -0.3 is 20.7 Å². The highest BCUT2D eigenvalue weighted by molar-refractivity contribution is 6.03. The van der Waals surface area contributed by atoms with Crippen LogP contribution in [-0.2, 0) is 4.79 Å². The summed E-state index contributed by atoms with van der Waals surface area (Å²) >= 11 is 0. The number of hydrogen-bond acceptors (Lipinski definition) is 6. The van der Waals surface area contributed by atoms with Crippen LogP contribution in [0.3, 0.4) is 0 Å². The summed E-state index contributed by atoms with van der Waals surface area (Å²) in [4.78, 5) is 32.0. The topological polar surface area (TPSA) is 105 Å². The predicted molar refractivity (Wildman–Crippen MR) is 112 cm³/mol. The Morgan fingerprint density at radius 1 is 0.966 bits per heavy atom. The second kappa shape index (κ2) is 8.83. The number of aryl methyl sites for hydroxylation is 1. The number of benzene rings is 2.